The molecule has 118 valence electrons. The van der Waals surface area contributed by atoms with Gasteiger partial charge in [-0.2, -0.15) is 0 Å². The molecule has 0 amide bonds. The van der Waals surface area contributed by atoms with Gasteiger partial charge in [0.05, 0.1) is 20.3 Å². The maximum Gasteiger partial charge on any atom is 0.161 e. The first-order valence-corrected chi connectivity index (χ1v) is 7.78. The summed E-state index contributed by atoms with van der Waals surface area (Å²) in [5.41, 5.74) is 2.71. The van der Waals surface area contributed by atoms with Gasteiger partial charge in [-0.3, -0.25) is 4.90 Å². The molecule has 21 heavy (non-hydrogen) atoms. The molecule has 0 bridgehead atoms. The highest BCUT2D eigenvalue weighted by Crippen LogP contribution is 2.33. The Morgan fingerprint density at radius 2 is 1.81 bits per heavy atom. The zero-order valence-corrected chi connectivity index (χ0v) is 13.4. The summed E-state index contributed by atoms with van der Waals surface area (Å²) < 4.78 is 10.8. The van der Waals surface area contributed by atoms with E-state index >= 15 is 0 Å². The number of hydrogen-bond donors (Lipinski definition) is 1. The fourth-order valence-electron chi connectivity index (χ4n) is 2.91. The number of ether oxygens (including phenoxy) is 2. The molecule has 1 unspecified atom stereocenters. The van der Waals surface area contributed by atoms with Crippen molar-refractivity contribution in [1.82, 2.24) is 4.90 Å². The van der Waals surface area contributed by atoms with E-state index in [0.29, 0.717) is 0 Å². The summed E-state index contributed by atoms with van der Waals surface area (Å²) in [4.78, 5) is 2.48. The van der Waals surface area contributed by atoms with Crippen LogP contribution >= 0.6 is 0 Å². The van der Waals surface area contributed by atoms with Crippen LogP contribution in [0.5, 0.6) is 11.5 Å². The minimum atomic E-state index is -0.177. The SMILES string of the molecule is COc1cc2c(cc1OC)CN(CCCCC(C)O)CC2. The third-order valence-electron chi connectivity index (χ3n) is 4.14. The molecule has 0 aromatic heterocycles. The van der Waals surface area contributed by atoms with Crippen molar-refractivity contribution in [2.45, 2.75) is 45.3 Å². The molecular weight excluding hydrogens is 266 g/mol. The van der Waals surface area contributed by atoms with Gasteiger partial charge < -0.3 is 14.6 Å². The number of unbranched alkanes of at least 4 members (excludes halogenated alkanes) is 1. The predicted octanol–water partition coefficient (Wildman–Crippen LogP) is 2.61. The molecule has 0 aliphatic carbocycles. The van der Waals surface area contributed by atoms with E-state index in [9.17, 15) is 5.11 Å². The van der Waals surface area contributed by atoms with Gasteiger partial charge >= 0.3 is 0 Å². The van der Waals surface area contributed by atoms with Crippen molar-refractivity contribution < 1.29 is 14.6 Å². The number of fused-ring (bicyclic) bond motifs is 1. The molecule has 1 aromatic carbocycles. The van der Waals surface area contributed by atoms with Gasteiger partial charge in [0, 0.05) is 13.1 Å². The van der Waals surface area contributed by atoms with E-state index in [4.69, 9.17) is 9.47 Å². The quantitative estimate of drug-likeness (QED) is 0.785. The lowest BCUT2D eigenvalue weighted by Gasteiger charge is -2.29. The number of benzene rings is 1. The topological polar surface area (TPSA) is 41.9 Å². The maximum atomic E-state index is 9.29. The van der Waals surface area contributed by atoms with Gasteiger partial charge in [0.15, 0.2) is 11.5 Å². The molecule has 1 N–H and O–H groups in total. The van der Waals surface area contributed by atoms with Crippen LogP contribution in [0.3, 0.4) is 0 Å². The second kappa shape index (κ2) is 7.66. The van der Waals surface area contributed by atoms with Gasteiger partial charge in [0.1, 0.15) is 0 Å². The first-order valence-electron chi connectivity index (χ1n) is 7.78. The fraction of sp³-hybridized carbons (Fsp3) is 0.647. The zero-order chi connectivity index (χ0) is 15.2. The van der Waals surface area contributed by atoms with Crippen molar-refractivity contribution in [3.63, 3.8) is 0 Å². The van der Waals surface area contributed by atoms with Gasteiger partial charge in [-0.25, -0.2) is 0 Å². The van der Waals surface area contributed by atoms with Gasteiger partial charge in [-0.15, -0.1) is 0 Å². The third kappa shape index (κ3) is 4.35. The van der Waals surface area contributed by atoms with Crippen LogP contribution < -0.4 is 9.47 Å². The highest BCUT2D eigenvalue weighted by Gasteiger charge is 2.19. The second-order valence-corrected chi connectivity index (χ2v) is 5.85. The molecule has 1 heterocycles. The first kappa shape index (κ1) is 16.1. The van der Waals surface area contributed by atoms with Crippen LogP contribution in [0.4, 0.5) is 0 Å². The number of methoxy groups -OCH3 is 2. The van der Waals surface area contributed by atoms with E-state index in [-0.39, 0.29) is 6.10 Å². The molecule has 1 aromatic rings. The standard InChI is InChI=1S/C17H27NO3/c1-13(19)6-4-5-8-18-9-7-14-10-16(20-2)17(21-3)11-15(14)12-18/h10-11,13,19H,4-9,12H2,1-3H3. The van der Waals surface area contributed by atoms with E-state index in [0.717, 1.165) is 56.8 Å². The first-order chi connectivity index (χ1) is 10.1. The molecule has 4 nitrogen and oxygen atoms in total. The van der Waals surface area contributed by atoms with Gasteiger partial charge in [-0.1, -0.05) is 0 Å². The Hall–Kier alpha value is -1.26. The van der Waals surface area contributed by atoms with E-state index in [1.807, 2.05) is 6.92 Å². The van der Waals surface area contributed by atoms with Crippen molar-refractivity contribution in [3.8, 4) is 11.5 Å². The van der Waals surface area contributed by atoms with Crippen molar-refractivity contribution in [2.24, 2.45) is 0 Å². The third-order valence-corrected chi connectivity index (χ3v) is 4.14. The summed E-state index contributed by atoms with van der Waals surface area (Å²) in [6.45, 7) is 5.03. The number of rotatable bonds is 7. The smallest absolute Gasteiger partial charge is 0.161 e. The highest BCUT2D eigenvalue weighted by molar-refractivity contribution is 5.48. The van der Waals surface area contributed by atoms with Gasteiger partial charge in [-0.05, 0) is 62.4 Å². The summed E-state index contributed by atoms with van der Waals surface area (Å²) in [5, 5.41) is 9.29. The molecule has 1 aliphatic heterocycles. The lowest BCUT2D eigenvalue weighted by molar-refractivity contribution is 0.175. The fourth-order valence-corrected chi connectivity index (χ4v) is 2.91. The Labute approximate surface area is 127 Å². The van der Waals surface area contributed by atoms with Crippen molar-refractivity contribution in [2.75, 3.05) is 27.3 Å². The van der Waals surface area contributed by atoms with E-state index in [1.165, 1.54) is 11.1 Å². The average molecular weight is 293 g/mol. The predicted molar refractivity (Wildman–Crippen MR) is 84.1 cm³/mol. The Bertz CT molecular complexity index is 460. The van der Waals surface area contributed by atoms with E-state index in [2.05, 4.69) is 17.0 Å². The lowest BCUT2D eigenvalue weighted by Crippen LogP contribution is -2.31. The summed E-state index contributed by atoms with van der Waals surface area (Å²) in [7, 11) is 3.36. The number of nitrogens with zero attached hydrogens (tertiary/aromatic N) is 1. The normalized spacial score (nSPS) is 16.4. The molecule has 1 aliphatic rings. The van der Waals surface area contributed by atoms with Crippen LogP contribution in [0.1, 0.15) is 37.3 Å². The van der Waals surface area contributed by atoms with Gasteiger partial charge in [0.2, 0.25) is 0 Å². The monoisotopic (exact) mass is 293 g/mol. The summed E-state index contributed by atoms with van der Waals surface area (Å²) in [6.07, 6.45) is 4.02. The van der Waals surface area contributed by atoms with Crippen molar-refractivity contribution in [1.29, 1.82) is 0 Å². The molecule has 0 saturated carbocycles. The van der Waals surface area contributed by atoms with Crippen LogP contribution in [0.15, 0.2) is 12.1 Å². The molecule has 0 fully saturated rings. The summed E-state index contributed by atoms with van der Waals surface area (Å²) >= 11 is 0. The molecule has 0 saturated heterocycles. The minimum Gasteiger partial charge on any atom is -0.493 e. The minimum absolute atomic E-state index is 0.177. The van der Waals surface area contributed by atoms with E-state index < -0.39 is 0 Å². The largest absolute Gasteiger partial charge is 0.493 e. The number of aliphatic hydroxyl groups excluding tert-OH is 1. The average Bonchev–Trinajstić information content (AvgIpc) is 2.49. The van der Waals surface area contributed by atoms with Crippen molar-refractivity contribution >= 4 is 0 Å². The van der Waals surface area contributed by atoms with Crippen LogP contribution in [-0.2, 0) is 13.0 Å². The number of aliphatic hydroxyl groups is 1. The maximum absolute atomic E-state index is 9.29. The Morgan fingerprint density at radius 3 is 2.43 bits per heavy atom. The Balaban J connectivity index is 1.93. The summed E-state index contributed by atoms with van der Waals surface area (Å²) in [5.74, 6) is 1.63. The highest BCUT2D eigenvalue weighted by atomic mass is 16.5. The van der Waals surface area contributed by atoms with Crippen LogP contribution in [0, 0.1) is 0 Å². The van der Waals surface area contributed by atoms with Crippen LogP contribution in [0.25, 0.3) is 0 Å². The molecule has 0 radical (unpaired) electrons. The van der Waals surface area contributed by atoms with Crippen molar-refractivity contribution in [3.05, 3.63) is 23.3 Å². The molecule has 4 heteroatoms. The second-order valence-electron chi connectivity index (χ2n) is 5.85. The summed E-state index contributed by atoms with van der Waals surface area (Å²) in [6, 6.07) is 4.22. The molecule has 1 atom stereocenters. The van der Waals surface area contributed by atoms with Crippen LogP contribution in [0.2, 0.25) is 0 Å². The van der Waals surface area contributed by atoms with E-state index in [1.54, 1.807) is 14.2 Å². The number of hydrogen-bond acceptors (Lipinski definition) is 4. The molecular formula is C17H27NO3. The zero-order valence-electron chi connectivity index (χ0n) is 13.4. The lowest BCUT2D eigenvalue weighted by atomic mass is 9.98. The Morgan fingerprint density at radius 1 is 1.14 bits per heavy atom. The Kier molecular flexibility index (Phi) is 5.88. The van der Waals surface area contributed by atoms with Crippen LogP contribution in [-0.4, -0.2) is 43.4 Å². The molecule has 0 spiro atoms. The van der Waals surface area contributed by atoms with Gasteiger partial charge in [0.25, 0.3) is 0 Å². The molecule has 2 rings (SSSR count).